The maximum atomic E-state index is 6.27. The van der Waals surface area contributed by atoms with Crippen LogP contribution in [0.3, 0.4) is 0 Å². The first-order chi connectivity index (χ1) is 11.5. The van der Waals surface area contributed by atoms with Gasteiger partial charge in [-0.15, -0.1) is 0 Å². The van der Waals surface area contributed by atoms with Crippen molar-refractivity contribution in [3.8, 4) is 11.4 Å². The minimum absolute atomic E-state index is 0.276. The van der Waals surface area contributed by atoms with Crippen LogP contribution in [0.5, 0.6) is 0 Å². The highest BCUT2D eigenvalue weighted by molar-refractivity contribution is 5.82. The van der Waals surface area contributed by atoms with Crippen molar-refractivity contribution in [2.75, 3.05) is 13.2 Å². The zero-order chi connectivity index (χ0) is 16.7. The van der Waals surface area contributed by atoms with E-state index in [1.807, 2.05) is 20.0 Å². The molecule has 1 saturated heterocycles. The van der Waals surface area contributed by atoms with Gasteiger partial charge < -0.3 is 15.0 Å². The Labute approximate surface area is 139 Å². The van der Waals surface area contributed by atoms with Crippen molar-refractivity contribution >= 4 is 11.0 Å². The molecule has 1 aliphatic rings. The fourth-order valence-corrected chi connectivity index (χ4v) is 3.08. The van der Waals surface area contributed by atoms with Gasteiger partial charge in [0.1, 0.15) is 0 Å². The number of pyridine rings is 1. The number of hydrogen-bond acceptors (Lipinski definition) is 7. The van der Waals surface area contributed by atoms with Crippen LogP contribution in [-0.2, 0) is 18.2 Å². The zero-order valence-corrected chi connectivity index (χ0v) is 13.8. The lowest BCUT2D eigenvalue weighted by molar-refractivity contribution is 0.175. The maximum Gasteiger partial charge on any atom is 0.227 e. The molecule has 1 aliphatic heterocycles. The quantitative estimate of drug-likeness (QED) is 0.771. The molecule has 4 rings (SSSR count). The highest BCUT2D eigenvalue weighted by Crippen LogP contribution is 2.24. The third-order valence-electron chi connectivity index (χ3n) is 4.56. The number of nitrogens with two attached hydrogens (primary N) is 1. The molecule has 2 N–H and O–H groups in total. The lowest BCUT2D eigenvalue weighted by Gasteiger charge is -2.19. The van der Waals surface area contributed by atoms with Crippen LogP contribution < -0.4 is 5.73 Å². The normalized spacial score (nSPS) is 21.0. The first kappa shape index (κ1) is 15.2. The fraction of sp³-hybridized carbons (Fsp3) is 0.500. The molecule has 126 valence electrons. The van der Waals surface area contributed by atoms with Gasteiger partial charge in [-0.2, -0.15) is 10.1 Å². The molecule has 0 saturated carbocycles. The summed E-state index contributed by atoms with van der Waals surface area (Å²) in [6.07, 6.45) is 4.03. The van der Waals surface area contributed by atoms with Gasteiger partial charge >= 0.3 is 0 Å². The molecule has 1 atom stereocenters. The molecule has 0 radical (unpaired) electrons. The summed E-state index contributed by atoms with van der Waals surface area (Å²) in [5.74, 6) is 1.13. The monoisotopic (exact) mass is 328 g/mol. The van der Waals surface area contributed by atoms with Crippen LogP contribution in [-0.4, -0.2) is 43.7 Å². The fourth-order valence-electron chi connectivity index (χ4n) is 3.08. The van der Waals surface area contributed by atoms with E-state index in [1.54, 1.807) is 10.9 Å². The molecular formula is C16H20N6O2. The minimum Gasteiger partial charge on any atom is -0.379 e. The van der Waals surface area contributed by atoms with Gasteiger partial charge in [-0.25, -0.2) is 4.98 Å². The second-order valence-electron chi connectivity index (χ2n) is 6.48. The van der Waals surface area contributed by atoms with Gasteiger partial charge in [0.05, 0.1) is 12.3 Å². The zero-order valence-electron chi connectivity index (χ0n) is 13.8. The van der Waals surface area contributed by atoms with Crippen molar-refractivity contribution in [1.82, 2.24) is 24.9 Å². The predicted octanol–water partition coefficient (Wildman–Crippen LogP) is 1.38. The standard InChI is InChI=1S/C16H20N6O2/c1-10-12-7-11(8-18-15(12)22(2)20-10)14-19-13(24-21-14)3-4-16(17)5-6-23-9-16/h7-8H,3-6,9,17H2,1-2H3. The van der Waals surface area contributed by atoms with Crippen LogP contribution in [0.25, 0.3) is 22.4 Å². The smallest absolute Gasteiger partial charge is 0.227 e. The predicted molar refractivity (Wildman–Crippen MR) is 87.2 cm³/mol. The van der Waals surface area contributed by atoms with E-state index in [2.05, 4.69) is 20.2 Å². The summed E-state index contributed by atoms with van der Waals surface area (Å²) >= 11 is 0. The van der Waals surface area contributed by atoms with E-state index in [4.69, 9.17) is 15.0 Å². The highest BCUT2D eigenvalue weighted by atomic mass is 16.5. The van der Waals surface area contributed by atoms with E-state index >= 15 is 0 Å². The molecule has 0 aromatic carbocycles. The molecule has 3 aromatic heterocycles. The van der Waals surface area contributed by atoms with Gasteiger partial charge in [-0.05, 0) is 25.8 Å². The Balaban J connectivity index is 1.55. The third-order valence-corrected chi connectivity index (χ3v) is 4.56. The van der Waals surface area contributed by atoms with E-state index in [1.165, 1.54) is 0 Å². The van der Waals surface area contributed by atoms with Crippen LogP contribution in [0.2, 0.25) is 0 Å². The van der Waals surface area contributed by atoms with E-state index in [0.717, 1.165) is 41.7 Å². The van der Waals surface area contributed by atoms with Crippen LogP contribution in [0.4, 0.5) is 0 Å². The van der Waals surface area contributed by atoms with Crippen molar-refractivity contribution in [3.63, 3.8) is 0 Å². The molecule has 0 amide bonds. The molecule has 1 unspecified atom stereocenters. The minimum atomic E-state index is -0.276. The Bertz CT molecular complexity index is 878. The largest absolute Gasteiger partial charge is 0.379 e. The van der Waals surface area contributed by atoms with Gasteiger partial charge in [0, 0.05) is 42.8 Å². The van der Waals surface area contributed by atoms with Gasteiger partial charge in [-0.3, -0.25) is 4.68 Å². The van der Waals surface area contributed by atoms with Gasteiger partial charge in [0.25, 0.3) is 0 Å². The summed E-state index contributed by atoms with van der Waals surface area (Å²) in [4.78, 5) is 8.92. The van der Waals surface area contributed by atoms with Crippen LogP contribution in [0.1, 0.15) is 24.4 Å². The Morgan fingerprint density at radius 3 is 3.08 bits per heavy atom. The summed E-state index contributed by atoms with van der Waals surface area (Å²) in [6, 6.07) is 1.99. The summed E-state index contributed by atoms with van der Waals surface area (Å²) in [5.41, 5.74) is 8.58. The molecule has 0 spiro atoms. The molecule has 0 aliphatic carbocycles. The summed E-state index contributed by atoms with van der Waals surface area (Å²) in [5, 5.41) is 9.44. The van der Waals surface area contributed by atoms with Crippen molar-refractivity contribution in [2.24, 2.45) is 12.8 Å². The molecular weight excluding hydrogens is 308 g/mol. The lowest BCUT2D eigenvalue weighted by Crippen LogP contribution is -2.40. The van der Waals surface area contributed by atoms with Crippen molar-refractivity contribution in [1.29, 1.82) is 0 Å². The molecule has 1 fully saturated rings. The number of rotatable bonds is 4. The summed E-state index contributed by atoms with van der Waals surface area (Å²) in [6.45, 7) is 3.27. The van der Waals surface area contributed by atoms with Crippen molar-refractivity contribution < 1.29 is 9.26 Å². The Morgan fingerprint density at radius 2 is 2.29 bits per heavy atom. The van der Waals surface area contributed by atoms with Gasteiger partial charge in [0.2, 0.25) is 11.7 Å². The topological polar surface area (TPSA) is 105 Å². The molecule has 8 nitrogen and oxygen atoms in total. The molecule has 24 heavy (non-hydrogen) atoms. The first-order valence-electron chi connectivity index (χ1n) is 8.03. The van der Waals surface area contributed by atoms with Crippen LogP contribution in [0.15, 0.2) is 16.8 Å². The Morgan fingerprint density at radius 1 is 1.42 bits per heavy atom. The molecule has 4 heterocycles. The summed E-state index contributed by atoms with van der Waals surface area (Å²) in [7, 11) is 1.88. The number of ether oxygens (including phenoxy) is 1. The number of aromatic nitrogens is 5. The Hall–Kier alpha value is -2.32. The number of nitrogens with zero attached hydrogens (tertiary/aromatic N) is 5. The first-order valence-corrected chi connectivity index (χ1v) is 8.03. The Kier molecular flexibility index (Phi) is 3.58. The van der Waals surface area contributed by atoms with E-state index in [-0.39, 0.29) is 5.54 Å². The van der Waals surface area contributed by atoms with E-state index in [0.29, 0.717) is 24.7 Å². The second kappa shape index (κ2) is 5.64. The number of hydrogen-bond donors (Lipinski definition) is 1. The highest BCUT2D eigenvalue weighted by Gasteiger charge is 2.30. The number of fused-ring (bicyclic) bond motifs is 1. The molecule has 3 aromatic rings. The average Bonchev–Trinajstić information content (AvgIpc) is 3.27. The maximum absolute atomic E-state index is 6.27. The van der Waals surface area contributed by atoms with Crippen molar-refractivity contribution in [3.05, 3.63) is 23.8 Å². The average molecular weight is 328 g/mol. The number of aryl methyl sites for hydroxylation is 3. The second-order valence-corrected chi connectivity index (χ2v) is 6.48. The third kappa shape index (κ3) is 2.67. The van der Waals surface area contributed by atoms with Gasteiger partial charge in [-0.1, -0.05) is 5.16 Å². The van der Waals surface area contributed by atoms with Crippen molar-refractivity contribution in [2.45, 2.75) is 31.7 Å². The van der Waals surface area contributed by atoms with Crippen LogP contribution in [0, 0.1) is 6.92 Å². The SMILES string of the molecule is Cc1nn(C)c2ncc(-c3noc(CCC4(N)CCOC4)n3)cc12. The molecule has 0 bridgehead atoms. The van der Waals surface area contributed by atoms with E-state index in [9.17, 15) is 0 Å². The summed E-state index contributed by atoms with van der Waals surface area (Å²) < 4.78 is 12.5. The van der Waals surface area contributed by atoms with Crippen LogP contribution >= 0.6 is 0 Å². The van der Waals surface area contributed by atoms with Gasteiger partial charge in [0.15, 0.2) is 5.65 Å². The molecule has 8 heteroatoms. The lowest BCUT2D eigenvalue weighted by atomic mass is 9.94. The van der Waals surface area contributed by atoms with E-state index < -0.39 is 0 Å².